The number of carbonyl (C=O) groups is 3. The molecule has 0 saturated heterocycles. The predicted molar refractivity (Wildman–Crippen MR) is 73.5 cm³/mol. The summed E-state index contributed by atoms with van der Waals surface area (Å²) in [6, 6.07) is 3.69. The van der Waals surface area contributed by atoms with Gasteiger partial charge in [-0.25, -0.2) is 4.79 Å². The summed E-state index contributed by atoms with van der Waals surface area (Å²) < 4.78 is 0. The molecule has 0 heterocycles. The summed E-state index contributed by atoms with van der Waals surface area (Å²) in [6.07, 6.45) is -0.196. The molecule has 0 bridgehead atoms. The van der Waals surface area contributed by atoms with Crippen LogP contribution in [0.2, 0.25) is 5.02 Å². The van der Waals surface area contributed by atoms with Crippen LogP contribution < -0.4 is 11.1 Å². The van der Waals surface area contributed by atoms with Crippen molar-refractivity contribution < 1.29 is 19.5 Å². The molecule has 0 aliphatic carbocycles. The average molecular weight is 299 g/mol. The minimum absolute atomic E-state index is 0.0696. The van der Waals surface area contributed by atoms with Gasteiger partial charge in [-0.3, -0.25) is 9.59 Å². The highest BCUT2D eigenvalue weighted by Gasteiger charge is 2.22. The maximum atomic E-state index is 12.0. The van der Waals surface area contributed by atoms with Gasteiger partial charge >= 0.3 is 5.97 Å². The van der Waals surface area contributed by atoms with E-state index in [-0.39, 0.29) is 23.4 Å². The molecular weight excluding hydrogens is 284 g/mol. The fourth-order valence-corrected chi connectivity index (χ4v) is 1.81. The van der Waals surface area contributed by atoms with Gasteiger partial charge in [-0.1, -0.05) is 23.7 Å². The van der Waals surface area contributed by atoms with Crippen molar-refractivity contribution in [3.05, 3.63) is 34.3 Å². The van der Waals surface area contributed by atoms with Gasteiger partial charge in [-0.2, -0.15) is 0 Å². The first-order chi connectivity index (χ1) is 9.32. The molecule has 2 amide bonds. The molecule has 0 spiro atoms. The number of carbonyl (C=O) groups excluding carboxylic acids is 2. The van der Waals surface area contributed by atoms with Gasteiger partial charge in [0.1, 0.15) is 6.04 Å². The van der Waals surface area contributed by atoms with Crippen LogP contribution in [-0.4, -0.2) is 28.9 Å². The minimum atomic E-state index is -1.23. The first-order valence-corrected chi connectivity index (χ1v) is 6.27. The molecule has 0 aliphatic heterocycles. The zero-order valence-electron chi connectivity index (χ0n) is 10.9. The fraction of sp³-hybridized carbons (Fsp3) is 0.308. The van der Waals surface area contributed by atoms with Crippen LogP contribution in [0.15, 0.2) is 18.2 Å². The van der Waals surface area contributed by atoms with Gasteiger partial charge in [0, 0.05) is 6.42 Å². The third-order valence-electron chi connectivity index (χ3n) is 2.72. The van der Waals surface area contributed by atoms with Gasteiger partial charge in [0.25, 0.3) is 5.91 Å². The van der Waals surface area contributed by atoms with E-state index in [1.807, 2.05) is 0 Å². The number of nitrogens with two attached hydrogens (primary N) is 1. The quantitative estimate of drug-likeness (QED) is 0.730. The SMILES string of the molecule is Cc1cccc(C(=O)N[C@H](CCC(N)=O)C(=O)O)c1Cl. The van der Waals surface area contributed by atoms with Crippen molar-refractivity contribution >= 4 is 29.4 Å². The molecule has 1 rings (SSSR count). The third kappa shape index (κ3) is 4.24. The minimum Gasteiger partial charge on any atom is -0.480 e. The molecule has 1 aromatic carbocycles. The summed E-state index contributed by atoms with van der Waals surface area (Å²) >= 11 is 6.00. The second-order valence-corrected chi connectivity index (χ2v) is 4.68. The standard InChI is InChI=1S/C13H15ClN2O4/c1-7-3-2-4-8(11(7)14)12(18)16-9(13(19)20)5-6-10(15)17/h2-4,9H,5-6H2,1H3,(H2,15,17)(H,16,18)(H,19,20)/t9-/m1/s1. The number of nitrogens with one attached hydrogen (secondary N) is 1. The van der Waals surface area contributed by atoms with Crippen LogP contribution in [0.3, 0.4) is 0 Å². The highest BCUT2D eigenvalue weighted by atomic mass is 35.5. The molecule has 0 aliphatic rings. The Morgan fingerprint density at radius 1 is 1.40 bits per heavy atom. The van der Waals surface area contributed by atoms with E-state index in [0.29, 0.717) is 5.56 Å². The van der Waals surface area contributed by atoms with Gasteiger partial charge in [0.15, 0.2) is 0 Å². The number of benzene rings is 1. The molecule has 0 unspecified atom stereocenters. The summed E-state index contributed by atoms with van der Waals surface area (Å²) in [5.41, 5.74) is 5.86. The van der Waals surface area contributed by atoms with Crippen LogP contribution >= 0.6 is 11.6 Å². The van der Waals surface area contributed by atoms with Crippen molar-refractivity contribution in [3.63, 3.8) is 0 Å². The molecule has 0 saturated carbocycles. The second kappa shape index (κ2) is 6.91. The van der Waals surface area contributed by atoms with E-state index in [4.69, 9.17) is 22.4 Å². The number of hydrogen-bond acceptors (Lipinski definition) is 3. The van der Waals surface area contributed by atoms with Crippen molar-refractivity contribution in [1.82, 2.24) is 5.32 Å². The maximum Gasteiger partial charge on any atom is 0.326 e. The Morgan fingerprint density at radius 2 is 2.05 bits per heavy atom. The number of hydrogen-bond donors (Lipinski definition) is 3. The molecular formula is C13H15ClN2O4. The molecule has 0 radical (unpaired) electrons. The topological polar surface area (TPSA) is 109 Å². The highest BCUT2D eigenvalue weighted by molar-refractivity contribution is 6.34. The van der Waals surface area contributed by atoms with Crippen molar-refractivity contribution in [2.24, 2.45) is 5.73 Å². The highest BCUT2D eigenvalue weighted by Crippen LogP contribution is 2.20. The van der Waals surface area contributed by atoms with E-state index >= 15 is 0 Å². The Hall–Kier alpha value is -2.08. The molecule has 1 atom stereocenters. The number of aliphatic carboxylic acids is 1. The molecule has 4 N–H and O–H groups in total. The molecule has 108 valence electrons. The Balaban J connectivity index is 2.83. The predicted octanol–water partition coefficient (Wildman–Crippen LogP) is 1.10. The average Bonchev–Trinajstić information content (AvgIpc) is 2.36. The van der Waals surface area contributed by atoms with E-state index in [2.05, 4.69) is 5.32 Å². The van der Waals surface area contributed by atoms with Gasteiger partial charge in [0.05, 0.1) is 10.6 Å². The Bertz CT molecular complexity index is 545. The molecule has 20 heavy (non-hydrogen) atoms. The van der Waals surface area contributed by atoms with Crippen molar-refractivity contribution in [1.29, 1.82) is 0 Å². The normalized spacial score (nSPS) is 11.7. The molecule has 0 fully saturated rings. The van der Waals surface area contributed by atoms with Crippen molar-refractivity contribution in [3.8, 4) is 0 Å². The Morgan fingerprint density at radius 3 is 2.60 bits per heavy atom. The zero-order valence-corrected chi connectivity index (χ0v) is 11.6. The van der Waals surface area contributed by atoms with E-state index in [0.717, 1.165) is 0 Å². The van der Waals surface area contributed by atoms with Crippen LogP contribution in [0.4, 0.5) is 0 Å². The summed E-state index contributed by atoms with van der Waals surface area (Å²) in [6.45, 7) is 1.74. The van der Waals surface area contributed by atoms with Crippen LogP contribution in [0, 0.1) is 6.92 Å². The largest absolute Gasteiger partial charge is 0.480 e. The van der Waals surface area contributed by atoms with Crippen LogP contribution in [-0.2, 0) is 9.59 Å². The molecule has 6 nitrogen and oxygen atoms in total. The maximum absolute atomic E-state index is 12.0. The van der Waals surface area contributed by atoms with Gasteiger partial charge in [0.2, 0.25) is 5.91 Å². The monoisotopic (exact) mass is 298 g/mol. The van der Waals surface area contributed by atoms with E-state index < -0.39 is 23.8 Å². The lowest BCUT2D eigenvalue weighted by atomic mass is 10.1. The summed E-state index contributed by atoms with van der Waals surface area (Å²) in [5, 5.41) is 11.6. The van der Waals surface area contributed by atoms with Crippen LogP contribution in [0.1, 0.15) is 28.8 Å². The molecule has 0 aromatic heterocycles. The first-order valence-electron chi connectivity index (χ1n) is 5.90. The number of rotatable bonds is 6. The van der Waals surface area contributed by atoms with Gasteiger partial charge in [-0.05, 0) is 25.0 Å². The summed E-state index contributed by atoms with van der Waals surface area (Å²) in [7, 11) is 0. The lowest BCUT2D eigenvalue weighted by molar-refractivity contribution is -0.139. The van der Waals surface area contributed by atoms with Crippen LogP contribution in [0.5, 0.6) is 0 Å². The number of halogens is 1. The lowest BCUT2D eigenvalue weighted by Gasteiger charge is -2.14. The van der Waals surface area contributed by atoms with Crippen molar-refractivity contribution in [2.75, 3.05) is 0 Å². The lowest BCUT2D eigenvalue weighted by Crippen LogP contribution is -2.41. The molecule has 7 heteroatoms. The first kappa shape index (κ1) is 16.0. The Labute approximate surface area is 120 Å². The molecule has 1 aromatic rings. The Kier molecular flexibility index (Phi) is 5.52. The summed E-state index contributed by atoms with van der Waals surface area (Å²) in [5.74, 6) is -2.46. The van der Waals surface area contributed by atoms with Crippen LogP contribution in [0.25, 0.3) is 0 Å². The van der Waals surface area contributed by atoms with E-state index in [1.165, 1.54) is 6.07 Å². The fourth-order valence-electron chi connectivity index (χ4n) is 1.60. The second-order valence-electron chi connectivity index (χ2n) is 4.31. The number of carboxylic acids is 1. The number of amides is 2. The number of carboxylic acid groups (broad SMARTS) is 1. The third-order valence-corrected chi connectivity index (χ3v) is 3.22. The summed E-state index contributed by atoms with van der Waals surface area (Å²) in [4.78, 5) is 33.7. The van der Waals surface area contributed by atoms with Crippen molar-refractivity contribution in [2.45, 2.75) is 25.8 Å². The number of aryl methyl sites for hydroxylation is 1. The van der Waals surface area contributed by atoms with Gasteiger partial charge in [-0.15, -0.1) is 0 Å². The smallest absolute Gasteiger partial charge is 0.326 e. The van der Waals surface area contributed by atoms with E-state index in [9.17, 15) is 14.4 Å². The van der Waals surface area contributed by atoms with E-state index in [1.54, 1.807) is 19.1 Å². The zero-order chi connectivity index (χ0) is 15.3. The number of primary amides is 1. The van der Waals surface area contributed by atoms with Gasteiger partial charge < -0.3 is 16.2 Å².